The van der Waals surface area contributed by atoms with Crippen molar-refractivity contribution in [2.75, 3.05) is 29.6 Å². The number of nitrogens with one attached hydrogen (secondary N) is 2. The van der Waals surface area contributed by atoms with Crippen LogP contribution in [0, 0.1) is 0 Å². The number of amides is 2. The average Bonchev–Trinajstić information content (AvgIpc) is 3.12. The molecule has 0 fully saturated rings. The topological polar surface area (TPSA) is 131 Å². The highest BCUT2D eigenvalue weighted by Gasteiger charge is 2.22. The molecule has 9 nitrogen and oxygen atoms in total. The molecule has 0 saturated carbocycles. The van der Waals surface area contributed by atoms with E-state index >= 15 is 0 Å². The van der Waals surface area contributed by atoms with Crippen LogP contribution in [0.15, 0.2) is 65.6 Å². The van der Waals surface area contributed by atoms with E-state index in [-0.39, 0.29) is 51.5 Å². The predicted octanol–water partition coefficient (Wildman–Crippen LogP) is 10.4. The maximum Gasteiger partial charge on any atom is 0.255 e. The number of hydrogen-bond acceptors (Lipinski definition) is 7. The van der Waals surface area contributed by atoms with Gasteiger partial charge in [-0.3, -0.25) is 9.59 Å². The molecule has 3 rings (SSSR count). The first-order chi connectivity index (χ1) is 24.6. The summed E-state index contributed by atoms with van der Waals surface area (Å²) in [6.07, 6.45) is 14.0. The molecule has 0 saturated heterocycles. The second kappa shape index (κ2) is 22.9. The van der Waals surface area contributed by atoms with Gasteiger partial charge in [-0.15, -0.1) is 0 Å². The molecule has 280 valence electrons. The van der Waals surface area contributed by atoms with Gasteiger partial charge in [0.15, 0.2) is 9.84 Å². The summed E-state index contributed by atoms with van der Waals surface area (Å²) in [4.78, 5) is 25.3. The van der Waals surface area contributed by atoms with Crippen molar-refractivity contribution >= 4 is 44.6 Å². The summed E-state index contributed by atoms with van der Waals surface area (Å²) in [5.74, 6) is -0.408. The van der Waals surface area contributed by atoms with Crippen molar-refractivity contribution in [2.24, 2.45) is 0 Å². The van der Waals surface area contributed by atoms with E-state index in [1.54, 1.807) is 48.5 Å². The molecule has 0 atom stereocenters. The minimum Gasteiger partial charge on any atom is -0.506 e. The van der Waals surface area contributed by atoms with Crippen LogP contribution in [-0.2, 0) is 14.6 Å². The molecule has 0 spiro atoms. The molecule has 0 aromatic heterocycles. The molecule has 3 aromatic rings. The smallest absolute Gasteiger partial charge is 0.255 e. The minimum atomic E-state index is -3.74. The highest BCUT2D eigenvalue weighted by molar-refractivity contribution is 7.91. The van der Waals surface area contributed by atoms with Gasteiger partial charge in [-0.05, 0) is 56.0 Å². The van der Waals surface area contributed by atoms with Gasteiger partial charge < -0.3 is 25.2 Å². The van der Waals surface area contributed by atoms with Crippen molar-refractivity contribution in [1.29, 1.82) is 0 Å². The Bertz CT molecular complexity index is 1620. The monoisotopic (exact) mass is 742 g/mol. The number of rotatable bonds is 25. The van der Waals surface area contributed by atoms with Crippen molar-refractivity contribution in [3.63, 3.8) is 0 Å². The molecule has 3 aromatic carbocycles. The van der Waals surface area contributed by atoms with Gasteiger partial charge in [-0.1, -0.05) is 108 Å². The third kappa shape index (κ3) is 15.2. The predicted molar refractivity (Wildman–Crippen MR) is 206 cm³/mol. The zero-order chi connectivity index (χ0) is 36.9. The van der Waals surface area contributed by atoms with Crippen molar-refractivity contribution in [3.05, 3.63) is 71.2 Å². The fourth-order valence-corrected chi connectivity index (χ4v) is 7.26. The van der Waals surface area contributed by atoms with Crippen molar-refractivity contribution < 1.29 is 32.6 Å². The quantitative estimate of drug-likeness (QED) is 0.0582. The van der Waals surface area contributed by atoms with Crippen molar-refractivity contribution in [3.8, 4) is 17.2 Å². The molecule has 2 amide bonds. The second-order valence-corrected chi connectivity index (χ2v) is 15.3. The molecule has 0 aliphatic carbocycles. The molecule has 0 unspecified atom stereocenters. The zero-order valence-electron chi connectivity index (χ0n) is 30.2. The van der Waals surface area contributed by atoms with E-state index in [1.807, 2.05) is 0 Å². The van der Waals surface area contributed by atoms with E-state index in [4.69, 9.17) is 21.1 Å². The maximum absolute atomic E-state index is 13.6. The lowest BCUT2D eigenvalue weighted by atomic mass is 10.1. The van der Waals surface area contributed by atoms with E-state index in [1.165, 1.54) is 50.7 Å². The molecule has 0 aliphatic rings. The summed E-state index contributed by atoms with van der Waals surface area (Å²) in [7, 11) is -3.74. The van der Waals surface area contributed by atoms with Gasteiger partial charge in [-0.25, -0.2) is 8.42 Å². The van der Waals surface area contributed by atoms with Crippen LogP contribution in [0.5, 0.6) is 17.2 Å². The molecule has 51 heavy (non-hydrogen) atoms. The van der Waals surface area contributed by atoms with E-state index in [0.29, 0.717) is 36.7 Å². The van der Waals surface area contributed by atoms with Gasteiger partial charge in [-0.2, -0.15) is 0 Å². The fraction of sp³-hybridized carbons (Fsp3) is 0.500. The van der Waals surface area contributed by atoms with Gasteiger partial charge in [0, 0.05) is 24.1 Å². The lowest BCUT2D eigenvalue weighted by Gasteiger charge is -2.15. The number of ether oxygens (including phenoxy) is 2. The number of aromatic hydroxyl groups is 1. The third-order valence-electron chi connectivity index (χ3n) is 8.48. The van der Waals surface area contributed by atoms with E-state index in [9.17, 15) is 23.1 Å². The number of carbonyl (C=O) groups is 2. The third-order valence-corrected chi connectivity index (χ3v) is 10.6. The van der Waals surface area contributed by atoms with Crippen LogP contribution < -0.4 is 20.1 Å². The number of phenols is 1. The van der Waals surface area contributed by atoms with E-state index < -0.39 is 15.7 Å². The average molecular weight is 743 g/mol. The highest BCUT2D eigenvalue weighted by atomic mass is 35.5. The summed E-state index contributed by atoms with van der Waals surface area (Å²) >= 11 is 6.35. The van der Waals surface area contributed by atoms with Crippen LogP contribution in [0.2, 0.25) is 5.02 Å². The molecule has 3 N–H and O–H groups in total. The maximum atomic E-state index is 13.6. The Morgan fingerprint density at radius 1 is 0.706 bits per heavy atom. The zero-order valence-corrected chi connectivity index (χ0v) is 31.8. The van der Waals surface area contributed by atoms with Gasteiger partial charge >= 0.3 is 0 Å². The Hall–Kier alpha value is -3.76. The number of halogens is 1. The standard InChI is InChI=1S/C40H55ClN2O7S/c1-3-5-7-9-11-17-25-49-32-23-24-37(50-26-18-12-10-8-6-4-2)38(28-32)51(47,48)27-19-16-22-39(45)42-34-30-36(44)35(29-33(34)41)43-40(46)31-20-14-13-15-21-31/h13-15,20-21,23-24,28-30,44H,3-12,16-19,22,25-27H2,1-2H3,(H,42,45)(H,43,46). The lowest BCUT2D eigenvalue weighted by molar-refractivity contribution is -0.116. The van der Waals surface area contributed by atoms with Crippen LogP contribution >= 0.6 is 11.6 Å². The Kier molecular flexibility index (Phi) is 18.7. The Balaban J connectivity index is 1.55. The number of carbonyl (C=O) groups excluding carboxylic acids is 2. The molecule has 0 aliphatic heterocycles. The summed E-state index contributed by atoms with van der Waals surface area (Å²) in [5.41, 5.74) is 0.688. The van der Waals surface area contributed by atoms with Crippen LogP contribution in [-0.4, -0.2) is 44.3 Å². The van der Waals surface area contributed by atoms with Gasteiger partial charge in [0.25, 0.3) is 5.91 Å². The molecular weight excluding hydrogens is 688 g/mol. The molecule has 0 bridgehead atoms. The summed E-state index contributed by atoms with van der Waals surface area (Å²) < 4.78 is 39.1. The SMILES string of the molecule is CCCCCCCCOc1ccc(OCCCCCCCC)c(S(=O)(=O)CCCCC(=O)Nc2cc(O)c(NC(=O)c3ccccc3)cc2Cl)c1. The first-order valence-corrected chi connectivity index (χ1v) is 20.5. The second-order valence-electron chi connectivity index (χ2n) is 12.8. The summed E-state index contributed by atoms with van der Waals surface area (Å²) in [6, 6.07) is 16.2. The fourth-order valence-electron chi connectivity index (χ4n) is 5.52. The van der Waals surface area contributed by atoms with Crippen molar-refractivity contribution in [1.82, 2.24) is 0 Å². The van der Waals surface area contributed by atoms with Crippen LogP contribution in [0.1, 0.15) is 121 Å². The van der Waals surface area contributed by atoms with Gasteiger partial charge in [0.1, 0.15) is 22.1 Å². The summed E-state index contributed by atoms with van der Waals surface area (Å²) in [6.45, 7) is 5.33. The molecule has 11 heteroatoms. The van der Waals surface area contributed by atoms with E-state index in [2.05, 4.69) is 24.5 Å². The molecule has 0 radical (unpaired) electrons. The van der Waals surface area contributed by atoms with Crippen molar-refractivity contribution in [2.45, 2.75) is 115 Å². The number of benzene rings is 3. The highest BCUT2D eigenvalue weighted by Crippen LogP contribution is 2.35. The normalized spacial score (nSPS) is 11.3. The number of unbranched alkanes of at least 4 members (excludes halogenated alkanes) is 11. The van der Waals surface area contributed by atoms with Gasteiger partial charge in [0.2, 0.25) is 5.91 Å². The molecule has 0 heterocycles. The van der Waals surface area contributed by atoms with E-state index in [0.717, 1.165) is 38.5 Å². The number of sulfone groups is 1. The molecular formula is C40H55ClN2O7S. The minimum absolute atomic E-state index is 0.0436. The number of phenolic OH excluding ortho intramolecular Hbond substituents is 1. The first-order valence-electron chi connectivity index (χ1n) is 18.5. The van der Waals surface area contributed by atoms with Crippen LogP contribution in [0.25, 0.3) is 0 Å². The van der Waals surface area contributed by atoms with Crippen LogP contribution in [0.3, 0.4) is 0 Å². The Labute approximate surface area is 309 Å². The number of anilines is 2. The van der Waals surface area contributed by atoms with Crippen LogP contribution in [0.4, 0.5) is 11.4 Å². The summed E-state index contributed by atoms with van der Waals surface area (Å²) in [5, 5.41) is 15.9. The van der Waals surface area contributed by atoms with Gasteiger partial charge in [0.05, 0.1) is 35.4 Å². The number of hydrogen-bond donors (Lipinski definition) is 3. The largest absolute Gasteiger partial charge is 0.506 e. The Morgan fingerprint density at radius 3 is 2.00 bits per heavy atom. The Morgan fingerprint density at radius 2 is 1.33 bits per heavy atom. The lowest BCUT2D eigenvalue weighted by Crippen LogP contribution is -2.14. The first kappa shape index (κ1) is 41.7.